The van der Waals surface area contributed by atoms with Crippen LogP contribution in [0.15, 0.2) is 0 Å². The molecular weight excluding hydrogens is 202 g/mol. The molecule has 1 aliphatic rings. The van der Waals surface area contributed by atoms with Crippen LogP contribution in [-0.2, 0) is 14.8 Å². The van der Waals surface area contributed by atoms with E-state index < -0.39 is 15.9 Å². The van der Waals surface area contributed by atoms with Crippen molar-refractivity contribution in [1.29, 1.82) is 0 Å². The average molecular weight is 219 g/mol. The summed E-state index contributed by atoms with van der Waals surface area (Å²) in [6.07, 6.45) is 4.59. The summed E-state index contributed by atoms with van der Waals surface area (Å²) in [7, 11) is -3.39. The van der Waals surface area contributed by atoms with E-state index in [2.05, 4.69) is 4.72 Å². The van der Waals surface area contributed by atoms with E-state index in [9.17, 15) is 13.2 Å². The lowest BCUT2D eigenvalue weighted by Gasteiger charge is -2.21. The number of hydrogen-bond donors (Lipinski definition) is 1. The molecule has 5 heteroatoms. The van der Waals surface area contributed by atoms with Crippen LogP contribution in [0.25, 0.3) is 0 Å². The summed E-state index contributed by atoms with van der Waals surface area (Å²) in [6.45, 7) is 1.64. The van der Waals surface area contributed by atoms with Gasteiger partial charge in [-0.3, -0.25) is 9.52 Å². The zero-order valence-electron chi connectivity index (χ0n) is 8.45. The van der Waals surface area contributed by atoms with Crippen molar-refractivity contribution >= 4 is 15.9 Å². The van der Waals surface area contributed by atoms with E-state index in [-0.39, 0.29) is 11.7 Å². The Morgan fingerprint density at radius 1 is 1.29 bits per heavy atom. The van der Waals surface area contributed by atoms with Gasteiger partial charge >= 0.3 is 0 Å². The SMILES string of the molecule is CCC(=O)NS(=O)(=O)C1CCCCC1. The maximum Gasteiger partial charge on any atom is 0.237 e. The van der Waals surface area contributed by atoms with Crippen LogP contribution in [0, 0.1) is 0 Å². The normalized spacial score (nSPS) is 19.2. The minimum absolute atomic E-state index is 0.214. The van der Waals surface area contributed by atoms with E-state index >= 15 is 0 Å². The zero-order chi connectivity index (χ0) is 10.6. The molecular formula is C9H17NO3S. The lowest BCUT2D eigenvalue weighted by molar-refractivity contribution is -0.119. The van der Waals surface area contributed by atoms with Crippen molar-refractivity contribution in [3.63, 3.8) is 0 Å². The molecule has 0 aromatic heterocycles. The van der Waals surface area contributed by atoms with Crippen molar-refractivity contribution in [2.24, 2.45) is 0 Å². The molecule has 0 bridgehead atoms. The Labute approximate surface area is 85.1 Å². The molecule has 14 heavy (non-hydrogen) atoms. The Morgan fingerprint density at radius 2 is 1.86 bits per heavy atom. The molecule has 0 aromatic carbocycles. The van der Waals surface area contributed by atoms with Gasteiger partial charge in [0.2, 0.25) is 15.9 Å². The number of rotatable bonds is 3. The fraction of sp³-hybridized carbons (Fsp3) is 0.889. The summed E-state index contributed by atoms with van der Waals surface area (Å²) >= 11 is 0. The van der Waals surface area contributed by atoms with Crippen LogP contribution in [-0.4, -0.2) is 19.6 Å². The van der Waals surface area contributed by atoms with Crippen molar-refractivity contribution in [1.82, 2.24) is 4.72 Å². The largest absolute Gasteiger partial charge is 0.274 e. The van der Waals surface area contributed by atoms with Crippen molar-refractivity contribution in [3.8, 4) is 0 Å². The van der Waals surface area contributed by atoms with E-state index in [0.29, 0.717) is 12.8 Å². The van der Waals surface area contributed by atoms with Gasteiger partial charge in [-0.2, -0.15) is 0 Å². The van der Waals surface area contributed by atoms with Crippen LogP contribution in [0.2, 0.25) is 0 Å². The smallest absolute Gasteiger partial charge is 0.237 e. The van der Waals surface area contributed by atoms with Crippen LogP contribution >= 0.6 is 0 Å². The number of amides is 1. The van der Waals surface area contributed by atoms with E-state index in [0.717, 1.165) is 19.3 Å². The topological polar surface area (TPSA) is 63.2 Å². The molecule has 1 fully saturated rings. The van der Waals surface area contributed by atoms with Gasteiger partial charge in [0.25, 0.3) is 0 Å². The van der Waals surface area contributed by atoms with E-state index in [1.165, 1.54) is 0 Å². The van der Waals surface area contributed by atoms with Gasteiger partial charge < -0.3 is 0 Å². The van der Waals surface area contributed by atoms with Gasteiger partial charge in [0.05, 0.1) is 5.25 Å². The summed E-state index contributed by atoms with van der Waals surface area (Å²) in [5.41, 5.74) is 0. The molecule has 0 radical (unpaired) electrons. The lowest BCUT2D eigenvalue weighted by atomic mass is 10.0. The van der Waals surface area contributed by atoms with Crippen molar-refractivity contribution < 1.29 is 13.2 Å². The third-order valence-electron chi connectivity index (χ3n) is 2.57. The monoisotopic (exact) mass is 219 g/mol. The van der Waals surface area contributed by atoms with Crippen molar-refractivity contribution in [3.05, 3.63) is 0 Å². The number of carbonyl (C=O) groups is 1. The second kappa shape index (κ2) is 4.77. The summed E-state index contributed by atoms with van der Waals surface area (Å²) < 4.78 is 25.4. The second-order valence-electron chi connectivity index (χ2n) is 3.68. The Morgan fingerprint density at radius 3 is 2.36 bits per heavy atom. The third kappa shape index (κ3) is 2.97. The molecule has 1 rings (SSSR count). The fourth-order valence-corrected chi connectivity index (χ4v) is 3.27. The van der Waals surface area contributed by atoms with E-state index in [1.807, 2.05) is 0 Å². The minimum Gasteiger partial charge on any atom is -0.274 e. The molecule has 0 aromatic rings. The van der Waals surface area contributed by atoms with Crippen molar-refractivity contribution in [2.45, 2.75) is 50.7 Å². The summed E-state index contributed by atoms with van der Waals surface area (Å²) in [6, 6.07) is 0. The number of sulfonamides is 1. The minimum atomic E-state index is -3.39. The van der Waals surface area contributed by atoms with Crippen molar-refractivity contribution in [2.75, 3.05) is 0 Å². The van der Waals surface area contributed by atoms with Crippen LogP contribution in [0.1, 0.15) is 45.4 Å². The maximum atomic E-state index is 11.6. The first-order chi connectivity index (χ1) is 6.56. The first-order valence-corrected chi connectivity index (χ1v) is 6.65. The zero-order valence-corrected chi connectivity index (χ0v) is 9.27. The molecule has 1 N–H and O–H groups in total. The van der Waals surface area contributed by atoms with Crippen LogP contribution in [0.3, 0.4) is 0 Å². The molecule has 0 unspecified atom stereocenters. The predicted molar refractivity (Wildman–Crippen MR) is 54.2 cm³/mol. The highest BCUT2D eigenvalue weighted by atomic mass is 32.2. The molecule has 1 saturated carbocycles. The van der Waals surface area contributed by atoms with Gasteiger partial charge in [0.1, 0.15) is 0 Å². The lowest BCUT2D eigenvalue weighted by Crippen LogP contribution is -2.38. The number of nitrogens with one attached hydrogen (secondary N) is 1. The third-order valence-corrected chi connectivity index (χ3v) is 4.43. The Balaban J connectivity index is 2.59. The molecule has 4 nitrogen and oxygen atoms in total. The molecule has 0 saturated heterocycles. The fourth-order valence-electron chi connectivity index (χ4n) is 1.69. The maximum absolute atomic E-state index is 11.6. The highest BCUT2D eigenvalue weighted by molar-refractivity contribution is 7.90. The molecule has 0 aliphatic heterocycles. The summed E-state index contributed by atoms with van der Waals surface area (Å²) in [5.74, 6) is -0.407. The molecule has 82 valence electrons. The van der Waals surface area contributed by atoms with Gasteiger partial charge in [-0.15, -0.1) is 0 Å². The summed E-state index contributed by atoms with van der Waals surface area (Å²) in [4.78, 5) is 11.0. The van der Waals surface area contributed by atoms with E-state index in [1.54, 1.807) is 6.92 Å². The molecule has 0 spiro atoms. The first kappa shape index (κ1) is 11.5. The Bertz CT molecular complexity index is 291. The first-order valence-electron chi connectivity index (χ1n) is 5.10. The molecule has 1 aliphatic carbocycles. The van der Waals surface area contributed by atoms with Gasteiger partial charge in [-0.25, -0.2) is 8.42 Å². The van der Waals surface area contributed by atoms with Crippen LogP contribution in [0.5, 0.6) is 0 Å². The quantitative estimate of drug-likeness (QED) is 0.775. The summed E-state index contributed by atoms with van der Waals surface area (Å²) in [5, 5.41) is -0.355. The second-order valence-corrected chi connectivity index (χ2v) is 5.64. The van der Waals surface area contributed by atoms with Crippen LogP contribution in [0.4, 0.5) is 0 Å². The highest BCUT2D eigenvalue weighted by Crippen LogP contribution is 2.22. The predicted octanol–water partition coefficient (Wildman–Crippen LogP) is 1.18. The average Bonchev–Trinajstić information content (AvgIpc) is 2.18. The Kier molecular flexibility index (Phi) is 3.92. The van der Waals surface area contributed by atoms with E-state index in [4.69, 9.17) is 0 Å². The van der Waals surface area contributed by atoms with Crippen LogP contribution < -0.4 is 4.72 Å². The standard InChI is InChI=1S/C9H17NO3S/c1-2-9(11)10-14(12,13)8-6-4-3-5-7-8/h8H,2-7H2,1H3,(H,10,11). The number of carbonyl (C=O) groups excluding carboxylic acids is 1. The van der Waals surface area contributed by atoms with Gasteiger partial charge in [0, 0.05) is 6.42 Å². The van der Waals surface area contributed by atoms with Gasteiger partial charge in [0.15, 0.2) is 0 Å². The molecule has 0 atom stereocenters. The molecule has 0 heterocycles. The molecule has 1 amide bonds. The highest BCUT2D eigenvalue weighted by Gasteiger charge is 2.27. The van der Waals surface area contributed by atoms with Gasteiger partial charge in [-0.05, 0) is 12.8 Å². The van der Waals surface area contributed by atoms with Gasteiger partial charge in [-0.1, -0.05) is 26.2 Å². The Hall–Kier alpha value is -0.580. The number of hydrogen-bond acceptors (Lipinski definition) is 3.